The molecule has 0 radical (unpaired) electrons. The van der Waals surface area contributed by atoms with Crippen molar-refractivity contribution in [3.63, 3.8) is 0 Å². The maximum atomic E-state index is 12.2. The average Bonchev–Trinajstić information content (AvgIpc) is 2.98. The van der Waals surface area contributed by atoms with Gasteiger partial charge in [0.1, 0.15) is 18.9 Å². The highest BCUT2D eigenvalue weighted by atomic mass is 79.9. The summed E-state index contributed by atoms with van der Waals surface area (Å²) in [5, 5.41) is 9.22. The molecule has 3 aromatic rings. The zero-order valence-electron chi connectivity index (χ0n) is 16.9. The molecule has 156 valence electrons. The number of amides is 1. The predicted octanol–water partition coefficient (Wildman–Crippen LogP) is 5.04. The number of nitrogens with zero attached hydrogens (tertiary/aromatic N) is 3. The Morgan fingerprint density at radius 2 is 1.83 bits per heavy atom. The van der Waals surface area contributed by atoms with Crippen molar-refractivity contribution in [2.24, 2.45) is 5.10 Å². The number of benzene rings is 2. The molecule has 0 atom stereocenters. The van der Waals surface area contributed by atoms with Crippen molar-refractivity contribution in [2.45, 2.75) is 33.9 Å². The molecule has 0 saturated heterocycles. The monoisotopic (exact) mass is 488 g/mol. The second kappa shape index (κ2) is 9.91. The SMILES string of the molecule is C/C(=N\NC(=O)Cn1nc(C)c(Br)c1C)c1ccc(OCc2ccc(Cl)cc2)cc1. The molecule has 0 bridgehead atoms. The number of rotatable bonds is 7. The summed E-state index contributed by atoms with van der Waals surface area (Å²) in [6, 6.07) is 15.1. The van der Waals surface area contributed by atoms with Gasteiger partial charge in [-0.15, -0.1) is 0 Å². The van der Waals surface area contributed by atoms with Crippen molar-refractivity contribution in [1.82, 2.24) is 15.2 Å². The van der Waals surface area contributed by atoms with Crippen molar-refractivity contribution in [3.05, 3.63) is 80.5 Å². The van der Waals surface area contributed by atoms with Crippen LogP contribution < -0.4 is 10.2 Å². The van der Waals surface area contributed by atoms with Gasteiger partial charge in [-0.3, -0.25) is 9.48 Å². The molecule has 0 fully saturated rings. The van der Waals surface area contributed by atoms with Gasteiger partial charge in [0.25, 0.3) is 5.91 Å². The Hall–Kier alpha value is -2.64. The highest BCUT2D eigenvalue weighted by molar-refractivity contribution is 9.10. The van der Waals surface area contributed by atoms with Crippen LogP contribution in [0.3, 0.4) is 0 Å². The first-order valence-corrected chi connectivity index (χ1v) is 10.5. The number of hydrogen-bond donors (Lipinski definition) is 1. The fourth-order valence-corrected chi connectivity index (χ4v) is 3.16. The van der Waals surface area contributed by atoms with Gasteiger partial charge in [-0.05, 0) is 84.2 Å². The second-order valence-corrected chi connectivity index (χ2v) is 8.04. The van der Waals surface area contributed by atoms with E-state index in [9.17, 15) is 4.79 Å². The highest BCUT2D eigenvalue weighted by Crippen LogP contribution is 2.19. The maximum Gasteiger partial charge on any atom is 0.261 e. The molecule has 1 heterocycles. The van der Waals surface area contributed by atoms with Crippen LogP contribution in [0.25, 0.3) is 0 Å². The third-order valence-electron chi connectivity index (χ3n) is 4.53. The molecule has 0 aliphatic heterocycles. The van der Waals surface area contributed by atoms with Crippen LogP contribution in [-0.4, -0.2) is 21.4 Å². The zero-order chi connectivity index (χ0) is 21.7. The van der Waals surface area contributed by atoms with E-state index in [0.717, 1.165) is 32.7 Å². The van der Waals surface area contributed by atoms with E-state index in [1.165, 1.54) is 0 Å². The van der Waals surface area contributed by atoms with Crippen molar-refractivity contribution in [3.8, 4) is 5.75 Å². The van der Waals surface area contributed by atoms with Crippen molar-refractivity contribution in [2.75, 3.05) is 0 Å². The normalized spacial score (nSPS) is 11.4. The van der Waals surface area contributed by atoms with E-state index in [0.29, 0.717) is 17.3 Å². The number of hydrogen-bond acceptors (Lipinski definition) is 4. The van der Waals surface area contributed by atoms with Crippen LogP contribution in [0.5, 0.6) is 5.75 Å². The lowest BCUT2D eigenvalue weighted by molar-refractivity contribution is -0.121. The summed E-state index contributed by atoms with van der Waals surface area (Å²) >= 11 is 9.35. The Morgan fingerprint density at radius 1 is 1.17 bits per heavy atom. The topological polar surface area (TPSA) is 68.5 Å². The molecule has 3 rings (SSSR count). The largest absolute Gasteiger partial charge is 0.489 e. The third-order valence-corrected chi connectivity index (χ3v) is 5.93. The van der Waals surface area contributed by atoms with Gasteiger partial charge in [-0.1, -0.05) is 23.7 Å². The Bertz CT molecular complexity index is 1060. The molecule has 30 heavy (non-hydrogen) atoms. The van der Waals surface area contributed by atoms with Crippen molar-refractivity contribution < 1.29 is 9.53 Å². The summed E-state index contributed by atoms with van der Waals surface area (Å²) in [7, 11) is 0. The first-order valence-electron chi connectivity index (χ1n) is 9.34. The first-order chi connectivity index (χ1) is 14.3. The van der Waals surface area contributed by atoms with Gasteiger partial charge in [0.2, 0.25) is 0 Å². The Balaban J connectivity index is 1.54. The minimum absolute atomic E-state index is 0.104. The summed E-state index contributed by atoms with van der Waals surface area (Å²) in [5.74, 6) is 0.510. The molecule has 0 aliphatic rings. The summed E-state index contributed by atoms with van der Waals surface area (Å²) in [6.07, 6.45) is 0. The van der Waals surface area contributed by atoms with Crippen LogP contribution in [0.4, 0.5) is 0 Å². The lowest BCUT2D eigenvalue weighted by atomic mass is 10.1. The van der Waals surface area contributed by atoms with Gasteiger partial charge in [0, 0.05) is 5.02 Å². The lowest BCUT2D eigenvalue weighted by Gasteiger charge is -2.08. The minimum atomic E-state index is -0.240. The number of ether oxygens (including phenoxy) is 1. The van der Waals surface area contributed by atoms with E-state index in [1.54, 1.807) is 4.68 Å². The Morgan fingerprint density at radius 3 is 2.43 bits per heavy atom. The van der Waals surface area contributed by atoms with Gasteiger partial charge >= 0.3 is 0 Å². The van der Waals surface area contributed by atoms with Crippen molar-refractivity contribution in [1.29, 1.82) is 0 Å². The molecule has 1 amide bonds. The van der Waals surface area contributed by atoms with Crippen LogP contribution in [0.15, 0.2) is 58.1 Å². The smallest absolute Gasteiger partial charge is 0.261 e. The third kappa shape index (κ3) is 5.70. The quantitative estimate of drug-likeness (QED) is 0.374. The predicted molar refractivity (Wildman–Crippen MR) is 122 cm³/mol. The molecular formula is C22H22BrClN4O2. The van der Waals surface area contributed by atoms with E-state index >= 15 is 0 Å². The van der Waals surface area contributed by atoms with E-state index in [2.05, 4.69) is 31.6 Å². The van der Waals surface area contributed by atoms with Crippen LogP contribution in [-0.2, 0) is 17.9 Å². The number of nitrogens with one attached hydrogen (secondary N) is 1. The second-order valence-electron chi connectivity index (χ2n) is 6.81. The van der Waals surface area contributed by atoms with E-state index < -0.39 is 0 Å². The molecular weight excluding hydrogens is 468 g/mol. The zero-order valence-corrected chi connectivity index (χ0v) is 19.3. The fraction of sp³-hybridized carbons (Fsp3) is 0.227. The van der Waals surface area contributed by atoms with Gasteiger partial charge in [0.15, 0.2) is 0 Å². The summed E-state index contributed by atoms with van der Waals surface area (Å²) < 4.78 is 8.34. The highest BCUT2D eigenvalue weighted by Gasteiger charge is 2.11. The molecule has 1 aromatic heterocycles. The Labute approximate surface area is 189 Å². The number of carbonyl (C=O) groups is 1. The summed E-state index contributed by atoms with van der Waals surface area (Å²) in [5.41, 5.74) is 6.96. The number of aromatic nitrogens is 2. The molecule has 0 spiro atoms. The molecule has 0 unspecified atom stereocenters. The van der Waals surface area contributed by atoms with Gasteiger partial charge in [-0.2, -0.15) is 10.2 Å². The molecule has 6 nitrogen and oxygen atoms in total. The van der Waals surface area contributed by atoms with Crippen LogP contribution in [0.1, 0.15) is 29.4 Å². The average molecular weight is 490 g/mol. The molecule has 2 aromatic carbocycles. The van der Waals surface area contributed by atoms with E-state index in [1.807, 2.05) is 69.3 Å². The lowest BCUT2D eigenvalue weighted by Crippen LogP contribution is -2.25. The standard InChI is InChI=1S/C22H22BrClN4O2/c1-14(25-26-21(29)12-28-16(3)22(23)15(2)27-28)18-6-10-20(11-7-18)30-13-17-4-8-19(24)9-5-17/h4-11H,12-13H2,1-3H3,(H,26,29)/b25-14+. The van der Waals surface area contributed by atoms with Gasteiger partial charge in [-0.25, -0.2) is 5.43 Å². The molecule has 0 saturated carbocycles. The van der Waals surface area contributed by atoms with E-state index in [4.69, 9.17) is 16.3 Å². The summed E-state index contributed by atoms with van der Waals surface area (Å²) in [4.78, 5) is 12.2. The first kappa shape index (κ1) is 22.1. The van der Waals surface area contributed by atoms with Gasteiger partial charge in [0.05, 0.1) is 21.6 Å². The number of carbonyl (C=O) groups excluding carboxylic acids is 1. The number of hydrazone groups is 1. The van der Waals surface area contributed by atoms with Gasteiger partial charge < -0.3 is 4.74 Å². The Kier molecular flexibility index (Phi) is 7.29. The minimum Gasteiger partial charge on any atom is -0.489 e. The van der Waals surface area contributed by atoms with Crippen LogP contribution in [0.2, 0.25) is 5.02 Å². The number of aryl methyl sites for hydroxylation is 1. The van der Waals surface area contributed by atoms with E-state index in [-0.39, 0.29) is 12.5 Å². The maximum absolute atomic E-state index is 12.2. The molecule has 8 heteroatoms. The molecule has 1 N–H and O–H groups in total. The van der Waals surface area contributed by atoms with Crippen LogP contribution in [0, 0.1) is 13.8 Å². The summed E-state index contributed by atoms with van der Waals surface area (Å²) in [6.45, 7) is 6.19. The fourth-order valence-electron chi connectivity index (χ4n) is 2.75. The molecule has 0 aliphatic carbocycles. The van der Waals surface area contributed by atoms with Crippen molar-refractivity contribution >= 4 is 39.1 Å². The number of halogens is 2. The van der Waals surface area contributed by atoms with Crippen LogP contribution >= 0.6 is 27.5 Å².